The van der Waals surface area contributed by atoms with Gasteiger partial charge in [-0.1, -0.05) is 26.5 Å². The van der Waals surface area contributed by atoms with E-state index < -0.39 is 0 Å². The lowest BCUT2D eigenvalue weighted by atomic mass is 10.1. The summed E-state index contributed by atoms with van der Waals surface area (Å²) < 4.78 is 0. The largest absolute Gasteiger partial charge is 0.333 e. The Labute approximate surface area is 68.0 Å². The van der Waals surface area contributed by atoms with E-state index in [1.165, 1.54) is 6.92 Å². The lowest BCUT2D eigenvalue weighted by molar-refractivity contribution is -0.118. The highest BCUT2D eigenvalue weighted by Crippen LogP contribution is 2.08. The molecule has 0 rings (SSSR count). The van der Waals surface area contributed by atoms with Gasteiger partial charge in [-0.25, -0.2) is 0 Å². The SMILES string of the molecule is C=C/C(=C\NC(C)=O)C(C)C. The van der Waals surface area contributed by atoms with Gasteiger partial charge in [0.2, 0.25) is 5.91 Å². The van der Waals surface area contributed by atoms with E-state index in [2.05, 4.69) is 25.7 Å². The van der Waals surface area contributed by atoms with Crippen molar-refractivity contribution in [1.82, 2.24) is 5.32 Å². The molecule has 11 heavy (non-hydrogen) atoms. The molecule has 0 aromatic heterocycles. The summed E-state index contributed by atoms with van der Waals surface area (Å²) in [5.41, 5.74) is 1.04. The summed E-state index contributed by atoms with van der Waals surface area (Å²) in [5.74, 6) is 0.351. The Balaban J connectivity index is 4.12. The van der Waals surface area contributed by atoms with E-state index >= 15 is 0 Å². The first-order valence-electron chi connectivity index (χ1n) is 3.67. The average Bonchev–Trinajstić information content (AvgIpc) is 1.87. The van der Waals surface area contributed by atoms with Crippen molar-refractivity contribution >= 4 is 5.91 Å². The van der Waals surface area contributed by atoms with Gasteiger partial charge in [0.25, 0.3) is 0 Å². The van der Waals surface area contributed by atoms with Gasteiger partial charge < -0.3 is 5.32 Å². The van der Waals surface area contributed by atoms with Gasteiger partial charge in [-0.3, -0.25) is 4.79 Å². The minimum Gasteiger partial charge on any atom is -0.333 e. The summed E-state index contributed by atoms with van der Waals surface area (Å²) in [5, 5.41) is 2.61. The number of rotatable bonds is 3. The first-order chi connectivity index (χ1) is 5.07. The van der Waals surface area contributed by atoms with Crippen LogP contribution in [0.15, 0.2) is 24.4 Å². The Bertz CT molecular complexity index is 180. The fourth-order valence-electron chi connectivity index (χ4n) is 0.646. The van der Waals surface area contributed by atoms with E-state index in [4.69, 9.17) is 0 Å². The summed E-state index contributed by atoms with van der Waals surface area (Å²) in [7, 11) is 0. The zero-order valence-corrected chi connectivity index (χ0v) is 7.35. The number of carbonyl (C=O) groups excluding carboxylic acids is 1. The van der Waals surface area contributed by atoms with Crippen LogP contribution in [0, 0.1) is 5.92 Å². The van der Waals surface area contributed by atoms with Crippen molar-refractivity contribution in [2.75, 3.05) is 0 Å². The molecule has 0 aromatic carbocycles. The molecule has 62 valence electrons. The number of carbonyl (C=O) groups is 1. The van der Waals surface area contributed by atoms with Crippen LogP contribution in [0.2, 0.25) is 0 Å². The normalized spacial score (nSPS) is 11.5. The van der Waals surface area contributed by atoms with Gasteiger partial charge in [-0.05, 0) is 11.5 Å². The summed E-state index contributed by atoms with van der Waals surface area (Å²) >= 11 is 0. The fourth-order valence-corrected chi connectivity index (χ4v) is 0.646. The lowest BCUT2D eigenvalue weighted by Crippen LogP contribution is -2.13. The van der Waals surface area contributed by atoms with E-state index in [0.29, 0.717) is 5.92 Å². The van der Waals surface area contributed by atoms with Gasteiger partial charge in [0.05, 0.1) is 0 Å². The Kier molecular flexibility index (Phi) is 4.27. The van der Waals surface area contributed by atoms with Crippen LogP contribution in [-0.2, 0) is 4.79 Å². The van der Waals surface area contributed by atoms with Crippen LogP contribution in [0.5, 0.6) is 0 Å². The van der Waals surface area contributed by atoms with Crippen molar-refractivity contribution in [3.63, 3.8) is 0 Å². The quantitative estimate of drug-likeness (QED) is 0.616. The molecule has 0 saturated heterocycles. The van der Waals surface area contributed by atoms with Crippen molar-refractivity contribution in [3.8, 4) is 0 Å². The second-order valence-corrected chi connectivity index (χ2v) is 2.70. The molecule has 0 saturated carbocycles. The second-order valence-electron chi connectivity index (χ2n) is 2.70. The zero-order chi connectivity index (χ0) is 8.85. The van der Waals surface area contributed by atoms with E-state index in [0.717, 1.165) is 5.57 Å². The maximum atomic E-state index is 10.5. The standard InChI is InChI=1S/C9H15NO/c1-5-9(7(2)3)6-10-8(4)11/h5-7H,1H2,2-4H3,(H,10,11)/b9-6+. The lowest BCUT2D eigenvalue weighted by Gasteiger charge is -2.04. The predicted octanol–water partition coefficient (Wildman–Crippen LogP) is 1.85. The molecule has 0 fully saturated rings. The van der Waals surface area contributed by atoms with E-state index in [-0.39, 0.29) is 5.91 Å². The molecular formula is C9H15NO. The van der Waals surface area contributed by atoms with Crippen LogP contribution < -0.4 is 5.32 Å². The highest BCUT2D eigenvalue weighted by molar-refractivity contribution is 5.74. The van der Waals surface area contributed by atoms with Crippen molar-refractivity contribution in [3.05, 3.63) is 24.4 Å². The number of allylic oxidation sites excluding steroid dienone is 2. The van der Waals surface area contributed by atoms with Crippen LogP contribution in [0.25, 0.3) is 0 Å². The van der Waals surface area contributed by atoms with Gasteiger partial charge in [0.15, 0.2) is 0 Å². The third-order valence-electron chi connectivity index (χ3n) is 1.34. The van der Waals surface area contributed by atoms with Gasteiger partial charge in [0.1, 0.15) is 0 Å². The van der Waals surface area contributed by atoms with Gasteiger partial charge in [-0.15, -0.1) is 0 Å². The molecule has 0 aliphatic heterocycles. The average molecular weight is 153 g/mol. The molecule has 0 radical (unpaired) electrons. The molecule has 0 spiro atoms. The van der Waals surface area contributed by atoms with Crippen LogP contribution in [0.3, 0.4) is 0 Å². The van der Waals surface area contributed by atoms with Crippen LogP contribution >= 0.6 is 0 Å². The number of hydrogen-bond acceptors (Lipinski definition) is 1. The van der Waals surface area contributed by atoms with Crippen molar-refractivity contribution in [1.29, 1.82) is 0 Å². The van der Waals surface area contributed by atoms with Crippen LogP contribution in [0.4, 0.5) is 0 Å². The molecule has 0 heterocycles. The highest BCUT2D eigenvalue weighted by atomic mass is 16.1. The third kappa shape index (κ3) is 4.37. The van der Waals surface area contributed by atoms with Crippen molar-refractivity contribution < 1.29 is 4.79 Å². The molecule has 0 atom stereocenters. The molecule has 1 N–H and O–H groups in total. The molecule has 0 bridgehead atoms. The smallest absolute Gasteiger partial charge is 0.220 e. The van der Waals surface area contributed by atoms with E-state index in [1.54, 1.807) is 12.3 Å². The third-order valence-corrected chi connectivity index (χ3v) is 1.34. The second kappa shape index (κ2) is 4.72. The van der Waals surface area contributed by atoms with Crippen LogP contribution in [0.1, 0.15) is 20.8 Å². The summed E-state index contributed by atoms with van der Waals surface area (Å²) in [6, 6.07) is 0. The van der Waals surface area contributed by atoms with Gasteiger partial charge >= 0.3 is 0 Å². The fraction of sp³-hybridized carbons (Fsp3) is 0.444. The molecule has 0 unspecified atom stereocenters. The summed E-state index contributed by atoms with van der Waals surface area (Å²) in [6.45, 7) is 9.23. The molecule has 0 aromatic rings. The molecule has 1 amide bonds. The maximum absolute atomic E-state index is 10.5. The Hall–Kier alpha value is -1.05. The molecular weight excluding hydrogens is 138 g/mol. The summed E-state index contributed by atoms with van der Waals surface area (Å²) in [6.07, 6.45) is 3.45. The molecule has 2 heteroatoms. The molecule has 2 nitrogen and oxygen atoms in total. The monoisotopic (exact) mass is 153 g/mol. The molecule has 0 aliphatic carbocycles. The predicted molar refractivity (Wildman–Crippen MR) is 46.9 cm³/mol. The Morgan fingerprint density at radius 1 is 1.55 bits per heavy atom. The Morgan fingerprint density at radius 2 is 2.09 bits per heavy atom. The van der Waals surface area contributed by atoms with Gasteiger partial charge in [-0.2, -0.15) is 0 Å². The zero-order valence-electron chi connectivity index (χ0n) is 7.35. The first-order valence-corrected chi connectivity index (χ1v) is 3.67. The molecule has 0 aliphatic rings. The van der Waals surface area contributed by atoms with Crippen molar-refractivity contribution in [2.45, 2.75) is 20.8 Å². The Morgan fingerprint density at radius 3 is 2.36 bits per heavy atom. The topological polar surface area (TPSA) is 29.1 Å². The number of hydrogen-bond donors (Lipinski definition) is 1. The van der Waals surface area contributed by atoms with E-state index in [9.17, 15) is 4.79 Å². The van der Waals surface area contributed by atoms with Gasteiger partial charge in [0, 0.05) is 13.1 Å². The first kappa shape index (κ1) is 9.95. The number of nitrogens with one attached hydrogen (secondary N) is 1. The van der Waals surface area contributed by atoms with Crippen molar-refractivity contribution in [2.24, 2.45) is 5.92 Å². The number of amides is 1. The highest BCUT2D eigenvalue weighted by Gasteiger charge is 1.97. The van der Waals surface area contributed by atoms with E-state index in [1.807, 2.05) is 0 Å². The minimum absolute atomic E-state index is 0.0509. The van der Waals surface area contributed by atoms with Crippen LogP contribution in [-0.4, -0.2) is 5.91 Å². The maximum Gasteiger partial charge on any atom is 0.220 e. The summed E-state index contributed by atoms with van der Waals surface area (Å²) in [4.78, 5) is 10.5. The minimum atomic E-state index is -0.0509.